The molecule has 0 spiro atoms. The number of amides is 1. The minimum absolute atomic E-state index is 0. The molecule has 2 fully saturated rings. The van der Waals surface area contributed by atoms with E-state index in [0.717, 1.165) is 32.7 Å². The molecule has 1 aliphatic carbocycles. The molecule has 118 valence electrons. The topological polar surface area (TPSA) is 44.4 Å². The Balaban J connectivity index is 0.00000200. The van der Waals surface area contributed by atoms with Crippen LogP contribution in [0.1, 0.15) is 51.4 Å². The highest BCUT2D eigenvalue weighted by Gasteiger charge is 2.15. The number of nitrogens with one attached hydrogen (secondary N) is 2. The van der Waals surface area contributed by atoms with Gasteiger partial charge in [-0.2, -0.15) is 0 Å². The molecule has 0 bridgehead atoms. The molecule has 0 radical (unpaired) electrons. The predicted molar refractivity (Wildman–Crippen MR) is 85.4 cm³/mol. The molecule has 5 heteroatoms. The van der Waals surface area contributed by atoms with Gasteiger partial charge in [-0.15, -0.1) is 12.4 Å². The third kappa shape index (κ3) is 6.91. The first-order chi connectivity index (χ1) is 9.34. The minimum atomic E-state index is 0. The molecule has 1 aliphatic heterocycles. The lowest BCUT2D eigenvalue weighted by atomic mass is 9.96. The van der Waals surface area contributed by atoms with Crippen LogP contribution < -0.4 is 10.6 Å². The minimum Gasteiger partial charge on any atom is -0.353 e. The van der Waals surface area contributed by atoms with Gasteiger partial charge in [0.15, 0.2) is 0 Å². The van der Waals surface area contributed by atoms with Gasteiger partial charge in [0.25, 0.3) is 0 Å². The fourth-order valence-electron chi connectivity index (χ4n) is 3.09. The van der Waals surface area contributed by atoms with Crippen LogP contribution in [0.25, 0.3) is 0 Å². The molecule has 0 aromatic heterocycles. The smallest absolute Gasteiger partial charge is 0.221 e. The number of nitrogens with zero attached hydrogens (tertiary/aromatic N) is 1. The van der Waals surface area contributed by atoms with Crippen molar-refractivity contribution in [3.8, 4) is 0 Å². The summed E-state index contributed by atoms with van der Waals surface area (Å²) in [6.07, 6.45) is 9.64. The Bertz CT molecular complexity index is 262. The van der Waals surface area contributed by atoms with E-state index in [1.807, 2.05) is 0 Å². The largest absolute Gasteiger partial charge is 0.353 e. The van der Waals surface area contributed by atoms with Gasteiger partial charge >= 0.3 is 0 Å². The number of hydrogen-bond donors (Lipinski definition) is 2. The van der Waals surface area contributed by atoms with E-state index in [0.29, 0.717) is 12.5 Å². The van der Waals surface area contributed by atoms with E-state index in [2.05, 4.69) is 15.5 Å². The lowest BCUT2D eigenvalue weighted by Crippen LogP contribution is -2.45. The average Bonchev–Trinajstić information content (AvgIpc) is 2.41. The van der Waals surface area contributed by atoms with Gasteiger partial charge < -0.3 is 15.5 Å². The Labute approximate surface area is 129 Å². The first kappa shape index (κ1) is 17.7. The first-order valence-electron chi connectivity index (χ1n) is 8.07. The number of rotatable bonds is 4. The highest BCUT2D eigenvalue weighted by Crippen LogP contribution is 2.17. The fourth-order valence-corrected chi connectivity index (χ4v) is 3.09. The van der Waals surface area contributed by atoms with Crippen molar-refractivity contribution in [1.29, 1.82) is 0 Å². The van der Waals surface area contributed by atoms with E-state index in [1.165, 1.54) is 44.9 Å². The highest BCUT2D eigenvalue weighted by molar-refractivity contribution is 5.85. The number of halogens is 1. The van der Waals surface area contributed by atoms with Crippen molar-refractivity contribution >= 4 is 18.3 Å². The van der Waals surface area contributed by atoms with Gasteiger partial charge in [0.05, 0.1) is 0 Å². The Hall–Kier alpha value is -0.320. The van der Waals surface area contributed by atoms with Crippen LogP contribution in [-0.2, 0) is 4.79 Å². The molecule has 2 rings (SSSR count). The van der Waals surface area contributed by atoms with Crippen molar-refractivity contribution in [2.24, 2.45) is 0 Å². The summed E-state index contributed by atoms with van der Waals surface area (Å²) in [5.41, 5.74) is 0. The van der Waals surface area contributed by atoms with Crippen LogP contribution in [0, 0.1) is 0 Å². The monoisotopic (exact) mass is 303 g/mol. The Morgan fingerprint density at radius 2 is 1.65 bits per heavy atom. The van der Waals surface area contributed by atoms with Crippen LogP contribution in [-0.4, -0.2) is 49.6 Å². The third-order valence-corrected chi connectivity index (χ3v) is 4.33. The van der Waals surface area contributed by atoms with Crippen molar-refractivity contribution in [3.05, 3.63) is 0 Å². The normalized spacial score (nSPS) is 22.4. The van der Waals surface area contributed by atoms with E-state index >= 15 is 0 Å². The predicted octanol–water partition coefficient (Wildman–Crippen LogP) is 1.93. The van der Waals surface area contributed by atoms with Crippen LogP contribution >= 0.6 is 12.4 Å². The summed E-state index contributed by atoms with van der Waals surface area (Å²) in [4.78, 5) is 14.4. The maximum absolute atomic E-state index is 12.0. The van der Waals surface area contributed by atoms with Crippen molar-refractivity contribution in [2.45, 2.75) is 57.4 Å². The van der Waals surface area contributed by atoms with Gasteiger partial charge in [0, 0.05) is 45.2 Å². The summed E-state index contributed by atoms with van der Waals surface area (Å²) in [5, 5.41) is 6.58. The van der Waals surface area contributed by atoms with Crippen LogP contribution in [0.15, 0.2) is 0 Å². The van der Waals surface area contributed by atoms with Crippen LogP contribution in [0.3, 0.4) is 0 Å². The summed E-state index contributed by atoms with van der Waals surface area (Å²) in [7, 11) is 0. The van der Waals surface area contributed by atoms with Crippen molar-refractivity contribution in [3.63, 3.8) is 0 Å². The second-order valence-electron chi connectivity index (χ2n) is 5.95. The fraction of sp³-hybridized carbons (Fsp3) is 0.933. The van der Waals surface area contributed by atoms with Gasteiger partial charge in [-0.3, -0.25) is 4.79 Å². The van der Waals surface area contributed by atoms with E-state index in [1.54, 1.807) is 0 Å². The zero-order chi connectivity index (χ0) is 13.3. The molecule has 0 atom stereocenters. The maximum atomic E-state index is 12.0. The molecule has 2 aliphatic rings. The number of piperazine rings is 1. The van der Waals surface area contributed by atoms with E-state index in [4.69, 9.17) is 0 Å². The number of carbonyl (C=O) groups excluding carboxylic acids is 1. The third-order valence-electron chi connectivity index (χ3n) is 4.33. The maximum Gasteiger partial charge on any atom is 0.221 e. The first-order valence-corrected chi connectivity index (χ1v) is 8.07. The van der Waals surface area contributed by atoms with Crippen LogP contribution in [0.2, 0.25) is 0 Å². The van der Waals surface area contributed by atoms with Gasteiger partial charge in [0.2, 0.25) is 5.91 Å². The molecule has 0 unspecified atom stereocenters. The molecule has 1 heterocycles. The van der Waals surface area contributed by atoms with Gasteiger partial charge in [-0.1, -0.05) is 32.1 Å². The van der Waals surface area contributed by atoms with E-state index < -0.39 is 0 Å². The van der Waals surface area contributed by atoms with E-state index in [-0.39, 0.29) is 18.3 Å². The summed E-state index contributed by atoms with van der Waals surface area (Å²) in [6, 6.07) is 0.441. The molecule has 4 nitrogen and oxygen atoms in total. The summed E-state index contributed by atoms with van der Waals surface area (Å²) >= 11 is 0. The van der Waals surface area contributed by atoms with Crippen LogP contribution in [0.5, 0.6) is 0 Å². The molecule has 0 aromatic rings. The van der Waals surface area contributed by atoms with Crippen molar-refractivity contribution < 1.29 is 4.79 Å². The Morgan fingerprint density at radius 1 is 1.05 bits per heavy atom. The number of hydrogen-bond acceptors (Lipinski definition) is 3. The molecule has 2 N–H and O–H groups in total. The van der Waals surface area contributed by atoms with Crippen molar-refractivity contribution in [1.82, 2.24) is 15.5 Å². The Kier molecular flexibility index (Phi) is 9.23. The standard InChI is InChI=1S/C15H29N3O.ClH/c19-15(8-11-18-12-9-16-10-13-18)17-14-6-4-2-1-3-5-7-14;/h14,16H,1-13H2,(H,17,19);1H. The molecular formula is C15H30ClN3O. The molecule has 1 saturated carbocycles. The van der Waals surface area contributed by atoms with Crippen molar-refractivity contribution in [2.75, 3.05) is 32.7 Å². The summed E-state index contributed by atoms with van der Waals surface area (Å²) < 4.78 is 0. The molecule has 20 heavy (non-hydrogen) atoms. The van der Waals surface area contributed by atoms with Gasteiger partial charge in [0.1, 0.15) is 0 Å². The lowest BCUT2D eigenvalue weighted by Gasteiger charge is -2.27. The second kappa shape index (κ2) is 10.4. The SMILES string of the molecule is Cl.O=C(CCN1CCNCC1)NC1CCCCCCC1. The average molecular weight is 304 g/mol. The zero-order valence-electron chi connectivity index (χ0n) is 12.5. The molecule has 0 aromatic carbocycles. The van der Waals surface area contributed by atoms with E-state index in [9.17, 15) is 4.79 Å². The zero-order valence-corrected chi connectivity index (χ0v) is 13.3. The van der Waals surface area contributed by atoms with Gasteiger partial charge in [-0.05, 0) is 12.8 Å². The lowest BCUT2D eigenvalue weighted by molar-refractivity contribution is -0.122. The van der Waals surface area contributed by atoms with Crippen LogP contribution in [0.4, 0.5) is 0 Å². The van der Waals surface area contributed by atoms with Gasteiger partial charge in [-0.25, -0.2) is 0 Å². The Morgan fingerprint density at radius 3 is 2.30 bits per heavy atom. The molecule has 1 saturated heterocycles. The summed E-state index contributed by atoms with van der Waals surface area (Å²) in [6.45, 7) is 5.20. The quantitative estimate of drug-likeness (QED) is 0.834. The number of carbonyl (C=O) groups is 1. The summed E-state index contributed by atoms with van der Waals surface area (Å²) in [5.74, 6) is 0.254. The highest BCUT2D eigenvalue weighted by atomic mass is 35.5. The molecular weight excluding hydrogens is 274 g/mol. The molecule has 1 amide bonds. The second-order valence-corrected chi connectivity index (χ2v) is 5.95.